The Morgan fingerprint density at radius 3 is 2.26 bits per heavy atom. The number of para-hydroxylation sites is 2. The summed E-state index contributed by atoms with van der Waals surface area (Å²) in [6, 6.07) is 8.91. The van der Waals surface area contributed by atoms with Gasteiger partial charge in [0.2, 0.25) is 6.10 Å². The van der Waals surface area contributed by atoms with Crippen LogP contribution in [0.5, 0.6) is 11.5 Å². The molecule has 1 heterocycles. The summed E-state index contributed by atoms with van der Waals surface area (Å²) in [6.45, 7) is 7.18. The van der Waals surface area contributed by atoms with Crippen molar-refractivity contribution >= 4 is 15.9 Å². The standard InChI is InChI=1S/C19H22N2O5S/c1-11-9-12(2)14(4)18(13(11)3)27(23,24)21-20-19(22)17-10-25-15-7-5-6-8-16(15)26-17/h5-9,17,21H,10H2,1-4H3,(H,20,22)/t17-/m0/s1. The van der Waals surface area contributed by atoms with Crippen molar-refractivity contribution in [1.82, 2.24) is 10.3 Å². The van der Waals surface area contributed by atoms with E-state index >= 15 is 0 Å². The average molecular weight is 390 g/mol. The second-order valence-corrected chi connectivity index (χ2v) is 8.17. The van der Waals surface area contributed by atoms with Crippen molar-refractivity contribution < 1.29 is 22.7 Å². The highest BCUT2D eigenvalue weighted by Crippen LogP contribution is 2.31. The van der Waals surface area contributed by atoms with Gasteiger partial charge in [-0.1, -0.05) is 18.2 Å². The average Bonchev–Trinajstić information content (AvgIpc) is 2.64. The van der Waals surface area contributed by atoms with E-state index in [1.54, 1.807) is 38.1 Å². The van der Waals surface area contributed by atoms with Crippen LogP contribution in [0.25, 0.3) is 0 Å². The number of benzene rings is 2. The molecule has 0 fully saturated rings. The molecule has 0 aromatic heterocycles. The highest BCUT2D eigenvalue weighted by Gasteiger charge is 2.29. The highest BCUT2D eigenvalue weighted by molar-refractivity contribution is 7.89. The highest BCUT2D eigenvalue weighted by atomic mass is 32.2. The molecule has 0 saturated heterocycles. The number of hydrogen-bond acceptors (Lipinski definition) is 5. The number of hydrazine groups is 1. The molecule has 0 saturated carbocycles. The molecule has 1 aliphatic rings. The number of ether oxygens (including phenoxy) is 2. The van der Waals surface area contributed by atoms with E-state index in [1.165, 1.54) is 0 Å². The van der Waals surface area contributed by atoms with Crippen molar-refractivity contribution in [2.75, 3.05) is 6.61 Å². The summed E-state index contributed by atoms with van der Waals surface area (Å²) in [5.74, 6) is 0.351. The van der Waals surface area contributed by atoms with Gasteiger partial charge in [-0.15, -0.1) is 4.83 Å². The lowest BCUT2D eigenvalue weighted by molar-refractivity contribution is -0.130. The van der Waals surface area contributed by atoms with Crippen molar-refractivity contribution in [3.63, 3.8) is 0 Å². The molecule has 0 spiro atoms. The predicted octanol–water partition coefficient (Wildman–Crippen LogP) is 2.07. The van der Waals surface area contributed by atoms with E-state index in [0.29, 0.717) is 22.6 Å². The van der Waals surface area contributed by atoms with Gasteiger partial charge in [-0.25, -0.2) is 8.42 Å². The van der Waals surface area contributed by atoms with Gasteiger partial charge < -0.3 is 9.47 Å². The van der Waals surface area contributed by atoms with E-state index in [1.807, 2.05) is 19.9 Å². The van der Waals surface area contributed by atoms with Crippen LogP contribution in [-0.2, 0) is 14.8 Å². The number of carbonyl (C=O) groups excluding carboxylic acids is 1. The first-order chi connectivity index (χ1) is 12.7. The largest absolute Gasteiger partial charge is 0.485 e. The molecule has 0 unspecified atom stereocenters. The van der Waals surface area contributed by atoms with Gasteiger partial charge >= 0.3 is 0 Å². The van der Waals surface area contributed by atoms with E-state index in [-0.39, 0.29) is 11.5 Å². The molecule has 7 nitrogen and oxygen atoms in total. The van der Waals surface area contributed by atoms with Crippen LogP contribution in [0.1, 0.15) is 22.3 Å². The van der Waals surface area contributed by atoms with E-state index in [0.717, 1.165) is 11.1 Å². The zero-order valence-electron chi connectivity index (χ0n) is 15.6. The number of hydrogen-bond donors (Lipinski definition) is 2. The van der Waals surface area contributed by atoms with Gasteiger partial charge in [0, 0.05) is 0 Å². The van der Waals surface area contributed by atoms with Crippen molar-refractivity contribution in [1.29, 1.82) is 0 Å². The third kappa shape index (κ3) is 3.77. The fourth-order valence-electron chi connectivity index (χ4n) is 2.98. The number of rotatable bonds is 4. The molecule has 2 aromatic rings. The van der Waals surface area contributed by atoms with Crippen LogP contribution in [0.15, 0.2) is 35.2 Å². The lowest BCUT2D eigenvalue weighted by Crippen LogP contribution is -2.50. The Morgan fingerprint density at radius 1 is 1.04 bits per heavy atom. The first-order valence-electron chi connectivity index (χ1n) is 8.48. The zero-order valence-corrected chi connectivity index (χ0v) is 16.4. The number of fused-ring (bicyclic) bond motifs is 1. The molecule has 2 aromatic carbocycles. The van der Waals surface area contributed by atoms with Crippen LogP contribution in [0.4, 0.5) is 0 Å². The van der Waals surface area contributed by atoms with Gasteiger partial charge in [0.1, 0.15) is 6.61 Å². The SMILES string of the molecule is Cc1cc(C)c(C)c(S(=O)(=O)NNC(=O)[C@@H]2COc3ccccc3O2)c1C. The van der Waals surface area contributed by atoms with Gasteiger partial charge in [-0.05, 0) is 62.1 Å². The Labute approximate surface area is 158 Å². The van der Waals surface area contributed by atoms with E-state index in [2.05, 4.69) is 10.3 Å². The van der Waals surface area contributed by atoms with Crippen molar-refractivity contribution in [2.45, 2.75) is 38.7 Å². The van der Waals surface area contributed by atoms with Gasteiger partial charge in [-0.3, -0.25) is 10.2 Å². The molecule has 1 aliphatic heterocycles. The third-order valence-corrected chi connectivity index (χ3v) is 6.20. The van der Waals surface area contributed by atoms with Gasteiger partial charge in [0.15, 0.2) is 11.5 Å². The summed E-state index contributed by atoms with van der Waals surface area (Å²) in [6.07, 6.45) is -0.955. The van der Waals surface area contributed by atoms with Crippen LogP contribution in [0.2, 0.25) is 0 Å². The molecule has 1 amide bonds. The molecular formula is C19H22N2O5S. The van der Waals surface area contributed by atoms with Crippen molar-refractivity contribution in [3.05, 3.63) is 52.6 Å². The second-order valence-electron chi connectivity index (χ2n) is 6.55. The lowest BCUT2D eigenvalue weighted by atomic mass is 10.0. The Balaban J connectivity index is 1.74. The minimum atomic E-state index is -3.94. The Hall–Kier alpha value is -2.58. The van der Waals surface area contributed by atoms with Crippen LogP contribution >= 0.6 is 0 Å². The molecule has 0 aliphatic carbocycles. The van der Waals surface area contributed by atoms with Gasteiger partial charge in [0.05, 0.1) is 4.90 Å². The van der Waals surface area contributed by atoms with Crippen LogP contribution in [0, 0.1) is 27.7 Å². The summed E-state index contributed by atoms with van der Waals surface area (Å²) in [7, 11) is -3.94. The molecule has 144 valence electrons. The number of aryl methyl sites for hydroxylation is 2. The van der Waals surface area contributed by atoms with Gasteiger partial charge in [-0.2, -0.15) is 0 Å². The quantitative estimate of drug-likeness (QED) is 0.780. The molecule has 3 rings (SSSR count). The Morgan fingerprint density at radius 2 is 1.63 bits per heavy atom. The maximum atomic E-state index is 12.8. The van der Waals surface area contributed by atoms with Gasteiger partial charge in [0.25, 0.3) is 15.9 Å². The summed E-state index contributed by atoms with van der Waals surface area (Å²) < 4.78 is 36.6. The number of amides is 1. The van der Waals surface area contributed by atoms with Crippen LogP contribution in [0.3, 0.4) is 0 Å². The van der Waals surface area contributed by atoms with Crippen LogP contribution < -0.4 is 19.7 Å². The maximum Gasteiger partial charge on any atom is 0.279 e. The van der Waals surface area contributed by atoms with Crippen molar-refractivity contribution in [2.24, 2.45) is 0 Å². The molecule has 2 N–H and O–H groups in total. The summed E-state index contributed by atoms with van der Waals surface area (Å²) >= 11 is 0. The fourth-order valence-corrected chi connectivity index (χ4v) is 4.45. The molecule has 0 bridgehead atoms. The van der Waals surface area contributed by atoms with E-state index < -0.39 is 22.0 Å². The summed E-state index contributed by atoms with van der Waals surface area (Å²) in [4.78, 5) is 14.7. The Bertz CT molecular complexity index is 975. The predicted molar refractivity (Wildman–Crippen MR) is 100 cm³/mol. The minimum Gasteiger partial charge on any atom is -0.485 e. The fraction of sp³-hybridized carbons (Fsp3) is 0.316. The minimum absolute atomic E-state index is 0.00775. The monoisotopic (exact) mass is 390 g/mol. The normalized spacial score (nSPS) is 16.1. The zero-order chi connectivity index (χ0) is 19.8. The molecule has 0 radical (unpaired) electrons. The van der Waals surface area contributed by atoms with Crippen molar-refractivity contribution in [3.8, 4) is 11.5 Å². The number of sulfonamides is 1. The topological polar surface area (TPSA) is 93.7 Å². The van der Waals surface area contributed by atoms with E-state index in [4.69, 9.17) is 9.47 Å². The maximum absolute atomic E-state index is 12.8. The van der Waals surface area contributed by atoms with E-state index in [9.17, 15) is 13.2 Å². The number of nitrogens with one attached hydrogen (secondary N) is 2. The first kappa shape index (κ1) is 19.2. The molecular weight excluding hydrogens is 368 g/mol. The third-order valence-electron chi connectivity index (χ3n) is 4.68. The summed E-state index contributed by atoms with van der Waals surface area (Å²) in [5, 5.41) is 0. The molecule has 8 heteroatoms. The summed E-state index contributed by atoms with van der Waals surface area (Å²) in [5.41, 5.74) is 5.25. The Kier molecular flexibility index (Phi) is 5.12. The lowest BCUT2D eigenvalue weighted by Gasteiger charge is -2.25. The second kappa shape index (κ2) is 7.21. The first-order valence-corrected chi connectivity index (χ1v) is 9.96. The smallest absolute Gasteiger partial charge is 0.279 e. The molecule has 1 atom stereocenters. The molecule has 27 heavy (non-hydrogen) atoms. The number of carbonyl (C=O) groups is 1. The van der Waals surface area contributed by atoms with Crippen LogP contribution in [-0.4, -0.2) is 27.0 Å².